The van der Waals surface area contributed by atoms with E-state index in [9.17, 15) is 0 Å². The highest BCUT2D eigenvalue weighted by atomic mass is 14.9. The van der Waals surface area contributed by atoms with E-state index in [1.165, 1.54) is 71.1 Å². The Morgan fingerprint density at radius 3 is 1.54 bits per heavy atom. The molecule has 0 atom stereocenters. The van der Waals surface area contributed by atoms with E-state index < -0.39 is 0 Å². The number of rotatable bonds is 0. The summed E-state index contributed by atoms with van der Waals surface area (Å²) in [6, 6.07) is 41.4. The van der Waals surface area contributed by atoms with Crippen LogP contribution in [0.25, 0.3) is 45.0 Å². The summed E-state index contributed by atoms with van der Waals surface area (Å²) in [5.41, 5.74) is 13.1. The summed E-state index contributed by atoms with van der Waals surface area (Å²) < 4.78 is 4.30. The second-order valence-electron chi connectivity index (χ2n) is 22.8. The van der Waals surface area contributed by atoms with Crippen LogP contribution in [0, 0.1) is 0 Å². The zero-order valence-electron chi connectivity index (χ0n) is 42.2. The summed E-state index contributed by atoms with van der Waals surface area (Å²) in [5, 5.41) is 5.39. The van der Waals surface area contributed by atoms with Gasteiger partial charge in [-0.05, 0) is 155 Å². The first-order valence-corrected chi connectivity index (χ1v) is 23.5. The van der Waals surface area contributed by atoms with Crippen LogP contribution in [0.4, 0.5) is 0 Å². The fourth-order valence-electron chi connectivity index (χ4n) is 7.73. The van der Waals surface area contributed by atoms with Gasteiger partial charge in [-0.15, -0.1) is 0 Å². The average molecular weight is 865 g/mol. The third-order valence-electron chi connectivity index (χ3n) is 12.3. The Bertz CT molecular complexity index is 2750. The van der Waals surface area contributed by atoms with Crippen LogP contribution in [0.2, 0.25) is 0 Å². The van der Waals surface area contributed by atoms with Gasteiger partial charge in [0, 0.05) is 59.2 Å². The largest absolute Gasteiger partial charge is 0.361 e. The lowest BCUT2D eigenvalue weighted by molar-refractivity contribution is 0.586. The first kappa shape index (κ1) is 48.5. The molecule has 6 aromatic heterocycles. The molecule has 9 aromatic rings. The number of H-pyrrole nitrogens is 2. The Labute approximate surface area is 390 Å². The third-order valence-corrected chi connectivity index (χ3v) is 12.3. The number of pyridine rings is 2. The number of benzene rings is 3. The van der Waals surface area contributed by atoms with Gasteiger partial charge in [-0.25, -0.2) is 0 Å². The molecule has 2 N–H and O–H groups in total. The van der Waals surface area contributed by atoms with Gasteiger partial charge in [0.1, 0.15) is 0 Å². The summed E-state index contributed by atoms with van der Waals surface area (Å²) in [4.78, 5) is 6.43. The monoisotopic (exact) mass is 865 g/mol. The minimum atomic E-state index is 0.235. The predicted octanol–water partition coefficient (Wildman–Crippen LogP) is 15.4. The molecule has 0 amide bonds. The molecule has 1 aliphatic rings. The van der Waals surface area contributed by atoms with Crippen molar-refractivity contribution in [2.45, 2.75) is 137 Å². The van der Waals surface area contributed by atoms with Gasteiger partial charge < -0.3 is 18.8 Å². The summed E-state index contributed by atoms with van der Waals surface area (Å²) in [5.74, 6) is 0. The molecule has 0 saturated carbocycles. The molecule has 3 aromatic carbocycles. The van der Waals surface area contributed by atoms with Crippen LogP contribution in [0.3, 0.4) is 0 Å². The van der Waals surface area contributed by atoms with Crippen LogP contribution >= 0.6 is 0 Å². The van der Waals surface area contributed by atoms with Gasteiger partial charge in [0.25, 0.3) is 0 Å². The molecule has 0 saturated heterocycles. The predicted molar refractivity (Wildman–Crippen MR) is 284 cm³/mol. The summed E-state index contributed by atoms with van der Waals surface area (Å²) in [6.07, 6.45) is 18.1. The molecule has 1 aliphatic carbocycles. The molecule has 6 heterocycles. The van der Waals surface area contributed by atoms with Crippen molar-refractivity contribution in [1.29, 1.82) is 0 Å². The minimum absolute atomic E-state index is 0.235. The normalized spacial score (nSPS) is 12.7. The van der Waals surface area contributed by atoms with Crippen molar-refractivity contribution in [3.05, 3.63) is 191 Å². The Hall–Kier alpha value is -6.00. The molecule has 0 fully saturated rings. The average Bonchev–Trinajstić information content (AvgIpc) is 4.09. The first-order valence-electron chi connectivity index (χ1n) is 23.5. The van der Waals surface area contributed by atoms with E-state index in [4.69, 9.17) is 0 Å². The number of hydrogen-bond donors (Lipinski definition) is 2. The molecule has 10 rings (SSSR count). The van der Waals surface area contributed by atoms with Gasteiger partial charge >= 0.3 is 0 Å². The van der Waals surface area contributed by atoms with E-state index in [2.05, 4.69) is 275 Å². The summed E-state index contributed by atoms with van der Waals surface area (Å²) >= 11 is 0. The molecule has 340 valence electrons. The molecule has 4 nitrogen and oxygen atoms in total. The van der Waals surface area contributed by atoms with Gasteiger partial charge in [0.15, 0.2) is 0 Å². The lowest BCUT2D eigenvalue weighted by atomic mass is 9.86. The van der Waals surface area contributed by atoms with E-state index in [0.29, 0.717) is 0 Å². The Morgan fingerprint density at radius 1 is 0.369 bits per heavy atom. The third kappa shape index (κ3) is 12.8. The van der Waals surface area contributed by atoms with Crippen molar-refractivity contribution in [3.8, 4) is 0 Å². The Balaban J connectivity index is 0.000000135. The van der Waals surface area contributed by atoms with Gasteiger partial charge in [0.2, 0.25) is 0 Å². The van der Waals surface area contributed by atoms with Crippen LogP contribution in [-0.2, 0) is 27.1 Å². The molecule has 0 unspecified atom stereocenters. The molecule has 0 aliphatic heterocycles. The van der Waals surface area contributed by atoms with Gasteiger partial charge in [-0.2, -0.15) is 0 Å². The van der Waals surface area contributed by atoms with Gasteiger partial charge in [-0.1, -0.05) is 158 Å². The first-order chi connectivity index (χ1) is 30.4. The van der Waals surface area contributed by atoms with E-state index in [1.807, 2.05) is 12.4 Å². The molecule has 0 spiro atoms. The van der Waals surface area contributed by atoms with Gasteiger partial charge in [0.05, 0.1) is 0 Å². The quantitative estimate of drug-likeness (QED) is 0.152. The zero-order valence-corrected chi connectivity index (χ0v) is 42.2. The maximum Gasteiger partial charge on any atom is 0.0456 e. The van der Waals surface area contributed by atoms with Crippen LogP contribution in [0.5, 0.6) is 0 Å². The maximum atomic E-state index is 3.23. The number of fused-ring (bicyclic) bond motifs is 5. The number of aromatic nitrogens is 4. The molecule has 0 bridgehead atoms. The lowest BCUT2D eigenvalue weighted by Crippen LogP contribution is -2.24. The topological polar surface area (TPSA) is 40.4 Å². The van der Waals surface area contributed by atoms with Crippen molar-refractivity contribution in [3.63, 3.8) is 0 Å². The molecule has 4 heteroatoms. The Morgan fingerprint density at radius 2 is 0.877 bits per heavy atom. The van der Waals surface area contributed by atoms with Crippen molar-refractivity contribution >= 4 is 45.0 Å². The zero-order chi connectivity index (χ0) is 47.4. The molecular weight excluding hydrogens is 789 g/mol. The Kier molecular flexibility index (Phi) is 14.3. The second kappa shape index (κ2) is 19.2. The van der Waals surface area contributed by atoms with Crippen LogP contribution in [0.15, 0.2) is 152 Å². The number of hydrogen-bond acceptors (Lipinski definition) is 0. The maximum absolute atomic E-state index is 3.23. The van der Waals surface area contributed by atoms with E-state index in [0.717, 1.165) is 6.42 Å². The van der Waals surface area contributed by atoms with Crippen LogP contribution in [0.1, 0.15) is 138 Å². The van der Waals surface area contributed by atoms with Crippen molar-refractivity contribution < 1.29 is 0 Å². The standard InChI is InChI=1S/C13H16.4C12H15N/c1-13(2,3)12-8-7-10-5-4-6-11(10)9-12;1-12(2,3)10-4-5-11-9(8-10)6-7-13-11;1-12(2,3)10-5-4-9-6-7-13-11(9)8-10;1-12(2,3)10-6-7-11-5-4-8-13(11)9-10;1-12(2,3)10-6-8-13-7-4-5-11(13)9-10/h5-9H,4H2,1-3H3;2*4-8,13H,1-3H3;2*4-9H,1-3H3. The number of nitrogens with one attached hydrogen (secondary N) is 2. The minimum Gasteiger partial charge on any atom is -0.361 e. The van der Waals surface area contributed by atoms with E-state index in [-0.39, 0.29) is 27.1 Å². The highest BCUT2D eigenvalue weighted by Crippen LogP contribution is 2.28. The fourth-order valence-corrected chi connectivity index (χ4v) is 7.73. The van der Waals surface area contributed by atoms with Crippen molar-refractivity contribution in [2.24, 2.45) is 0 Å². The lowest BCUT2D eigenvalue weighted by Gasteiger charge is -2.18. The van der Waals surface area contributed by atoms with E-state index in [1.54, 1.807) is 0 Å². The highest BCUT2D eigenvalue weighted by molar-refractivity contribution is 5.81. The second-order valence-corrected chi connectivity index (χ2v) is 22.8. The summed E-state index contributed by atoms with van der Waals surface area (Å²) in [6.45, 7) is 33.6. The number of aromatic amines is 2. The highest BCUT2D eigenvalue weighted by Gasteiger charge is 2.17. The number of nitrogens with zero attached hydrogens (tertiary/aromatic N) is 2. The molecule has 65 heavy (non-hydrogen) atoms. The fraction of sp³-hybridized carbons (Fsp3) is 0.344. The smallest absolute Gasteiger partial charge is 0.0456 e. The van der Waals surface area contributed by atoms with Gasteiger partial charge in [-0.3, -0.25) is 0 Å². The van der Waals surface area contributed by atoms with Crippen molar-refractivity contribution in [2.75, 3.05) is 0 Å². The van der Waals surface area contributed by atoms with Crippen LogP contribution < -0.4 is 10.4 Å². The SMILES string of the molecule is CC(C)(C)c1ccc2[nH]ccc2c1.CC(C)(C)c1ccc2c(c1)=CCC=2.CC(C)(C)c1ccc2cc[nH]c2c1.CC(C)(C)c1ccc2cccn2c1.CC(C)(C)c1ccn2cccc2c1. The van der Waals surface area contributed by atoms with E-state index >= 15 is 0 Å². The summed E-state index contributed by atoms with van der Waals surface area (Å²) in [7, 11) is 0. The van der Waals surface area contributed by atoms with Crippen LogP contribution in [-0.4, -0.2) is 18.8 Å². The molecular formula is C61H76N4. The van der Waals surface area contributed by atoms with Crippen molar-refractivity contribution in [1.82, 2.24) is 18.8 Å². The molecule has 0 radical (unpaired) electrons.